The number of fused-ring (bicyclic) bond motifs is 1. The average molecular weight is 412 g/mol. The minimum Gasteiger partial charge on any atom is -0.336 e. The van der Waals surface area contributed by atoms with Gasteiger partial charge in [0.05, 0.1) is 0 Å². The predicted octanol–water partition coefficient (Wildman–Crippen LogP) is 4.65. The van der Waals surface area contributed by atoms with Gasteiger partial charge in [-0.3, -0.25) is 14.6 Å². The van der Waals surface area contributed by atoms with Crippen LogP contribution >= 0.6 is 0 Å². The first-order valence-electron chi connectivity index (χ1n) is 12.5. The Morgan fingerprint density at radius 3 is 2.23 bits per heavy atom. The van der Waals surface area contributed by atoms with Gasteiger partial charge in [-0.1, -0.05) is 45.2 Å². The number of carbonyl (C=O) groups is 1. The van der Waals surface area contributed by atoms with Crippen molar-refractivity contribution in [2.75, 3.05) is 39.3 Å². The Hall–Kier alpha value is -1.39. The van der Waals surface area contributed by atoms with Gasteiger partial charge in [0.25, 0.3) is 5.91 Å². The number of nitrogens with zero attached hydrogens (tertiary/aromatic N) is 3. The summed E-state index contributed by atoms with van der Waals surface area (Å²) in [5.41, 5.74) is 2.19. The third-order valence-electron chi connectivity index (χ3n) is 8.04. The Labute approximate surface area is 183 Å². The molecule has 0 spiro atoms. The predicted molar refractivity (Wildman–Crippen MR) is 124 cm³/mol. The summed E-state index contributed by atoms with van der Waals surface area (Å²) in [5.74, 6) is 2.11. The zero-order valence-electron chi connectivity index (χ0n) is 19.2. The summed E-state index contributed by atoms with van der Waals surface area (Å²) in [6.45, 7) is 11.8. The van der Waals surface area contributed by atoms with E-state index in [4.69, 9.17) is 0 Å². The van der Waals surface area contributed by atoms with E-state index in [1.165, 1.54) is 63.6 Å². The van der Waals surface area contributed by atoms with E-state index < -0.39 is 0 Å². The lowest BCUT2D eigenvalue weighted by Crippen LogP contribution is -2.51. The highest BCUT2D eigenvalue weighted by Crippen LogP contribution is 2.36. The van der Waals surface area contributed by atoms with Crippen LogP contribution in [0, 0.1) is 11.8 Å². The summed E-state index contributed by atoms with van der Waals surface area (Å²) >= 11 is 0. The van der Waals surface area contributed by atoms with Gasteiger partial charge in [-0.05, 0) is 61.8 Å². The molecule has 4 rings (SSSR count). The van der Waals surface area contributed by atoms with Gasteiger partial charge in [-0.15, -0.1) is 0 Å². The first-order valence-corrected chi connectivity index (χ1v) is 12.5. The lowest BCUT2D eigenvalue weighted by molar-refractivity contribution is 0.0559. The van der Waals surface area contributed by atoms with Crippen LogP contribution in [0.2, 0.25) is 0 Å². The molecule has 2 heterocycles. The maximum absolute atomic E-state index is 13.0. The van der Waals surface area contributed by atoms with Crippen LogP contribution < -0.4 is 0 Å². The zero-order valence-corrected chi connectivity index (χ0v) is 19.2. The number of benzene rings is 1. The number of likely N-dealkylation sites (tertiary alicyclic amines) is 1. The molecule has 2 unspecified atom stereocenters. The average Bonchev–Trinajstić information content (AvgIpc) is 2.80. The molecule has 2 saturated heterocycles. The van der Waals surface area contributed by atoms with Crippen LogP contribution in [0.15, 0.2) is 24.3 Å². The molecule has 0 radical (unpaired) electrons. The third kappa shape index (κ3) is 5.08. The van der Waals surface area contributed by atoms with Gasteiger partial charge < -0.3 is 4.90 Å². The minimum absolute atomic E-state index is 0.203. The Kier molecular flexibility index (Phi) is 7.48. The van der Waals surface area contributed by atoms with Crippen LogP contribution in [0.3, 0.4) is 0 Å². The lowest BCUT2D eigenvalue weighted by atomic mass is 9.75. The summed E-state index contributed by atoms with van der Waals surface area (Å²) in [5, 5.41) is 0. The van der Waals surface area contributed by atoms with Gasteiger partial charge in [-0.25, -0.2) is 0 Å². The van der Waals surface area contributed by atoms with Gasteiger partial charge in [0.15, 0.2) is 0 Å². The summed E-state index contributed by atoms with van der Waals surface area (Å²) < 4.78 is 0. The number of hydrogen-bond acceptors (Lipinski definition) is 3. The normalized spacial score (nSPS) is 26.0. The molecular formula is C26H41N3O. The van der Waals surface area contributed by atoms with Crippen LogP contribution in [-0.2, 0) is 6.54 Å². The molecule has 2 atom stereocenters. The fourth-order valence-electron chi connectivity index (χ4n) is 6.11. The van der Waals surface area contributed by atoms with Gasteiger partial charge in [0, 0.05) is 50.9 Å². The third-order valence-corrected chi connectivity index (χ3v) is 8.04. The van der Waals surface area contributed by atoms with Crippen molar-refractivity contribution in [3.05, 3.63) is 35.4 Å². The molecule has 166 valence electrons. The van der Waals surface area contributed by atoms with Crippen molar-refractivity contribution in [3.8, 4) is 0 Å². The topological polar surface area (TPSA) is 26.8 Å². The molecule has 1 aromatic rings. The molecule has 0 bridgehead atoms. The zero-order chi connectivity index (χ0) is 20.9. The Morgan fingerprint density at radius 1 is 0.900 bits per heavy atom. The molecule has 4 nitrogen and oxygen atoms in total. The van der Waals surface area contributed by atoms with Crippen molar-refractivity contribution in [1.29, 1.82) is 0 Å². The van der Waals surface area contributed by atoms with Crippen LogP contribution in [0.25, 0.3) is 0 Å². The van der Waals surface area contributed by atoms with Gasteiger partial charge >= 0.3 is 0 Å². The SMILES string of the molecule is CCC(CC)N1CCN(C(=O)c2ccc(CN3CCC4CCCCC4C3)cc2)CC1. The summed E-state index contributed by atoms with van der Waals surface area (Å²) in [6.07, 6.45) is 9.54. The van der Waals surface area contributed by atoms with E-state index in [1.54, 1.807) is 0 Å². The highest BCUT2D eigenvalue weighted by Gasteiger charge is 2.31. The van der Waals surface area contributed by atoms with E-state index in [0.29, 0.717) is 6.04 Å². The first kappa shape index (κ1) is 21.8. The Morgan fingerprint density at radius 2 is 1.57 bits per heavy atom. The molecule has 1 aromatic carbocycles. The van der Waals surface area contributed by atoms with Crippen molar-refractivity contribution < 1.29 is 4.79 Å². The van der Waals surface area contributed by atoms with Crippen LogP contribution in [0.4, 0.5) is 0 Å². The molecule has 0 aromatic heterocycles. The fraction of sp³-hybridized carbons (Fsp3) is 0.731. The fourth-order valence-corrected chi connectivity index (χ4v) is 6.11. The van der Waals surface area contributed by atoms with Gasteiger partial charge in [-0.2, -0.15) is 0 Å². The number of piperidine rings is 1. The second-order valence-electron chi connectivity index (χ2n) is 9.82. The lowest BCUT2D eigenvalue weighted by Gasteiger charge is -2.41. The summed E-state index contributed by atoms with van der Waals surface area (Å²) in [7, 11) is 0. The van der Waals surface area contributed by atoms with Gasteiger partial charge in [0.2, 0.25) is 0 Å². The van der Waals surface area contributed by atoms with Crippen LogP contribution in [-0.4, -0.2) is 65.9 Å². The van der Waals surface area contributed by atoms with E-state index in [1.807, 2.05) is 4.90 Å². The number of piperazine rings is 1. The van der Waals surface area contributed by atoms with Crippen molar-refractivity contribution in [1.82, 2.24) is 14.7 Å². The van der Waals surface area contributed by atoms with E-state index in [0.717, 1.165) is 50.1 Å². The largest absolute Gasteiger partial charge is 0.336 e. The van der Waals surface area contributed by atoms with Crippen molar-refractivity contribution in [2.45, 2.75) is 71.4 Å². The summed E-state index contributed by atoms with van der Waals surface area (Å²) in [4.78, 5) is 20.2. The smallest absolute Gasteiger partial charge is 0.253 e. The molecule has 4 heteroatoms. The van der Waals surface area contributed by atoms with Crippen molar-refractivity contribution >= 4 is 5.91 Å². The molecule has 1 amide bonds. The highest BCUT2D eigenvalue weighted by atomic mass is 16.2. The maximum Gasteiger partial charge on any atom is 0.253 e. The van der Waals surface area contributed by atoms with Gasteiger partial charge in [0.1, 0.15) is 0 Å². The highest BCUT2D eigenvalue weighted by molar-refractivity contribution is 5.94. The van der Waals surface area contributed by atoms with Crippen molar-refractivity contribution in [2.24, 2.45) is 11.8 Å². The first-order chi connectivity index (χ1) is 14.7. The molecule has 30 heavy (non-hydrogen) atoms. The maximum atomic E-state index is 13.0. The molecule has 2 aliphatic heterocycles. The molecule has 3 aliphatic rings. The number of amides is 1. The number of rotatable bonds is 6. The van der Waals surface area contributed by atoms with E-state index in [-0.39, 0.29) is 5.91 Å². The Bertz CT molecular complexity index is 676. The standard InChI is InChI=1S/C26H41N3O/c1-3-25(4-2)28-15-17-29(18-16-28)26(30)23-11-9-21(10-12-23)19-27-14-13-22-7-5-6-8-24(22)20-27/h9-12,22,24-25H,3-8,13-20H2,1-2H3. The number of carbonyl (C=O) groups excluding carboxylic acids is 1. The van der Waals surface area contributed by atoms with E-state index in [9.17, 15) is 4.79 Å². The molecule has 3 fully saturated rings. The quantitative estimate of drug-likeness (QED) is 0.682. The Balaban J connectivity index is 1.28. The molecular weight excluding hydrogens is 370 g/mol. The van der Waals surface area contributed by atoms with E-state index in [2.05, 4.69) is 47.9 Å². The second kappa shape index (κ2) is 10.3. The summed E-state index contributed by atoms with van der Waals surface area (Å²) in [6, 6.07) is 9.14. The molecule has 1 saturated carbocycles. The second-order valence-corrected chi connectivity index (χ2v) is 9.82. The molecule has 1 aliphatic carbocycles. The van der Waals surface area contributed by atoms with E-state index >= 15 is 0 Å². The van der Waals surface area contributed by atoms with Crippen molar-refractivity contribution in [3.63, 3.8) is 0 Å². The van der Waals surface area contributed by atoms with Crippen LogP contribution in [0.5, 0.6) is 0 Å². The van der Waals surface area contributed by atoms with Crippen LogP contribution in [0.1, 0.15) is 74.7 Å². The number of hydrogen-bond donors (Lipinski definition) is 0. The molecule has 0 N–H and O–H groups in total. The minimum atomic E-state index is 0.203. The monoisotopic (exact) mass is 411 g/mol.